The molecule has 0 aliphatic rings. The van der Waals surface area contributed by atoms with Gasteiger partial charge in [-0.1, -0.05) is 30.3 Å². The Morgan fingerprint density at radius 1 is 1.43 bits per heavy atom. The van der Waals surface area contributed by atoms with E-state index in [1.807, 2.05) is 50.2 Å². The number of benzene rings is 1. The molecule has 1 amide bonds. The van der Waals surface area contributed by atoms with Crippen molar-refractivity contribution < 1.29 is 4.79 Å². The summed E-state index contributed by atoms with van der Waals surface area (Å²) in [6, 6.07) is 11.6. The molecule has 1 aromatic carbocycles. The first-order valence-corrected chi connectivity index (χ1v) is 7.19. The number of hydrogen-bond donors (Lipinski definition) is 2. The fourth-order valence-corrected chi connectivity index (χ4v) is 1.98. The lowest BCUT2D eigenvalue weighted by Gasteiger charge is -2.26. The zero-order chi connectivity index (χ0) is 16.7. The number of carbonyl (C=O) groups excluding carboxylic acids is 1. The van der Waals surface area contributed by atoms with Crippen LogP contribution in [0.3, 0.4) is 0 Å². The third kappa shape index (κ3) is 4.41. The van der Waals surface area contributed by atoms with Crippen molar-refractivity contribution in [1.29, 1.82) is 5.26 Å². The van der Waals surface area contributed by atoms with Crippen molar-refractivity contribution in [2.24, 2.45) is 0 Å². The fourth-order valence-electron chi connectivity index (χ4n) is 1.98. The molecule has 0 saturated carbocycles. The highest BCUT2D eigenvalue weighted by Gasteiger charge is 2.21. The average molecular weight is 310 g/mol. The number of carbonyl (C=O) groups is 1. The molecule has 0 saturated heterocycles. The summed E-state index contributed by atoms with van der Waals surface area (Å²) in [6.45, 7) is 4.28. The van der Waals surface area contributed by atoms with E-state index in [4.69, 9.17) is 0 Å². The second-order valence-electron chi connectivity index (χ2n) is 5.16. The Labute approximate surface area is 134 Å². The van der Waals surface area contributed by atoms with Gasteiger partial charge >= 0.3 is 0 Å². The largest absolute Gasteiger partial charge is 0.331 e. The van der Waals surface area contributed by atoms with Crippen LogP contribution in [0.25, 0.3) is 0 Å². The van der Waals surface area contributed by atoms with Crippen molar-refractivity contribution in [2.45, 2.75) is 26.4 Å². The molecule has 0 aliphatic heterocycles. The van der Waals surface area contributed by atoms with Crippen LogP contribution in [0, 0.1) is 11.3 Å². The molecule has 0 atom stereocenters. The molecule has 0 fully saturated rings. The van der Waals surface area contributed by atoms with Crippen LogP contribution in [0.2, 0.25) is 0 Å². The van der Waals surface area contributed by atoms with E-state index in [1.54, 1.807) is 4.90 Å². The third-order valence-electron chi connectivity index (χ3n) is 3.20. The molecule has 7 nitrogen and oxygen atoms in total. The molecule has 2 rings (SSSR count). The number of rotatable bonds is 6. The number of H-pyrrole nitrogens is 1. The van der Waals surface area contributed by atoms with E-state index in [1.165, 1.54) is 12.5 Å². The molecule has 0 unspecified atom stereocenters. The first-order chi connectivity index (χ1) is 11.1. The summed E-state index contributed by atoms with van der Waals surface area (Å²) in [5, 5.41) is 18.3. The van der Waals surface area contributed by atoms with Gasteiger partial charge in [-0.15, -0.1) is 0 Å². The Balaban J connectivity index is 2.15. The van der Waals surface area contributed by atoms with E-state index >= 15 is 0 Å². The molecule has 0 bridgehead atoms. The van der Waals surface area contributed by atoms with E-state index < -0.39 is 0 Å². The molecule has 1 aromatic heterocycles. The number of amides is 1. The van der Waals surface area contributed by atoms with Crippen LogP contribution < -0.4 is 5.32 Å². The lowest BCUT2D eigenvalue weighted by atomic mass is 10.1. The second kappa shape index (κ2) is 7.75. The maximum absolute atomic E-state index is 12.6. The Morgan fingerprint density at radius 3 is 2.74 bits per heavy atom. The maximum atomic E-state index is 12.6. The monoisotopic (exact) mass is 310 g/mol. The van der Waals surface area contributed by atoms with E-state index in [0.717, 1.165) is 5.56 Å². The van der Waals surface area contributed by atoms with Crippen LogP contribution in [0.15, 0.2) is 48.4 Å². The first-order valence-electron chi connectivity index (χ1n) is 7.19. The zero-order valence-corrected chi connectivity index (χ0v) is 13.0. The molecular formula is C16H18N6O. The molecule has 118 valence electrons. The van der Waals surface area contributed by atoms with Crippen molar-refractivity contribution >= 4 is 11.9 Å². The van der Waals surface area contributed by atoms with E-state index in [9.17, 15) is 10.1 Å². The fraction of sp³-hybridized carbons (Fsp3) is 0.250. The summed E-state index contributed by atoms with van der Waals surface area (Å²) in [7, 11) is 0. The normalized spacial score (nSPS) is 11.1. The maximum Gasteiger partial charge on any atom is 0.266 e. The Hall–Kier alpha value is -3.14. The highest BCUT2D eigenvalue weighted by molar-refractivity contribution is 5.97. The molecule has 2 aromatic rings. The number of aromatic nitrogens is 3. The molecule has 0 radical (unpaired) electrons. The van der Waals surface area contributed by atoms with Crippen molar-refractivity contribution in [3.05, 3.63) is 54.0 Å². The molecule has 1 heterocycles. The van der Waals surface area contributed by atoms with Gasteiger partial charge in [0.15, 0.2) is 0 Å². The van der Waals surface area contributed by atoms with Gasteiger partial charge in [-0.2, -0.15) is 15.3 Å². The van der Waals surface area contributed by atoms with Crippen molar-refractivity contribution in [3.63, 3.8) is 0 Å². The van der Waals surface area contributed by atoms with E-state index in [0.29, 0.717) is 12.5 Å². The summed E-state index contributed by atoms with van der Waals surface area (Å²) < 4.78 is 0. The lowest BCUT2D eigenvalue weighted by Crippen LogP contribution is -2.37. The van der Waals surface area contributed by atoms with Crippen LogP contribution in [-0.4, -0.2) is 32.0 Å². The highest BCUT2D eigenvalue weighted by Crippen LogP contribution is 2.12. The quantitative estimate of drug-likeness (QED) is 0.628. The summed E-state index contributed by atoms with van der Waals surface area (Å²) in [5.74, 6) is 0.0306. The van der Waals surface area contributed by atoms with Gasteiger partial charge in [0.05, 0.1) is 0 Å². The second-order valence-corrected chi connectivity index (χ2v) is 5.16. The van der Waals surface area contributed by atoms with Crippen LogP contribution in [0.1, 0.15) is 19.4 Å². The van der Waals surface area contributed by atoms with Gasteiger partial charge in [0.2, 0.25) is 5.95 Å². The van der Waals surface area contributed by atoms with Gasteiger partial charge < -0.3 is 10.2 Å². The molecular weight excluding hydrogens is 292 g/mol. The topological polar surface area (TPSA) is 97.7 Å². The van der Waals surface area contributed by atoms with Gasteiger partial charge in [-0.05, 0) is 19.4 Å². The van der Waals surface area contributed by atoms with Gasteiger partial charge in [0, 0.05) is 18.8 Å². The van der Waals surface area contributed by atoms with Crippen molar-refractivity contribution in [2.75, 3.05) is 5.32 Å². The minimum Gasteiger partial charge on any atom is -0.331 e. The predicted octanol–water partition coefficient (Wildman–Crippen LogP) is 2.06. The smallest absolute Gasteiger partial charge is 0.266 e. The van der Waals surface area contributed by atoms with Crippen LogP contribution in [-0.2, 0) is 11.3 Å². The Bertz CT molecular complexity index is 700. The minimum absolute atomic E-state index is 0.00558. The molecule has 2 N–H and O–H groups in total. The van der Waals surface area contributed by atoms with E-state index in [2.05, 4.69) is 20.5 Å². The molecule has 23 heavy (non-hydrogen) atoms. The van der Waals surface area contributed by atoms with E-state index in [-0.39, 0.29) is 17.5 Å². The molecule has 0 aliphatic carbocycles. The lowest BCUT2D eigenvalue weighted by molar-refractivity contribution is -0.129. The SMILES string of the molecule is CC(C)N(Cc1ccccc1)C(=O)/C(C#N)=C\Nc1ncn[nH]1. The predicted molar refractivity (Wildman–Crippen MR) is 85.8 cm³/mol. The van der Waals surface area contributed by atoms with Crippen LogP contribution in [0.5, 0.6) is 0 Å². The summed E-state index contributed by atoms with van der Waals surface area (Å²) in [5.41, 5.74) is 1.01. The van der Waals surface area contributed by atoms with Crippen LogP contribution >= 0.6 is 0 Å². The Kier molecular flexibility index (Phi) is 5.47. The van der Waals surface area contributed by atoms with Gasteiger partial charge in [-0.25, -0.2) is 5.10 Å². The minimum atomic E-state index is -0.335. The van der Waals surface area contributed by atoms with Gasteiger partial charge in [0.25, 0.3) is 5.91 Å². The number of aromatic amines is 1. The first kappa shape index (κ1) is 16.2. The van der Waals surface area contributed by atoms with Crippen molar-refractivity contribution in [1.82, 2.24) is 20.1 Å². The summed E-state index contributed by atoms with van der Waals surface area (Å²) in [4.78, 5) is 18.1. The van der Waals surface area contributed by atoms with Crippen LogP contribution in [0.4, 0.5) is 5.95 Å². The third-order valence-corrected chi connectivity index (χ3v) is 3.20. The number of nitriles is 1. The van der Waals surface area contributed by atoms with Gasteiger partial charge in [0.1, 0.15) is 18.0 Å². The van der Waals surface area contributed by atoms with Gasteiger partial charge in [-0.3, -0.25) is 4.79 Å². The van der Waals surface area contributed by atoms with Crippen molar-refractivity contribution in [3.8, 4) is 6.07 Å². The molecule has 0 spiro atoms. The summed E-state index contributed by atoms with van der Waals surface area (Å²) >= 11 is 0. The number of anilines is 1. The number of hydrogen-bond acceptors (Lipinski definition) is 5. The average Bonchev–Trinajstić information content (AvgIpc) is 3.07. The Morgan fingerprint density at radius 2 is 2.17 bits per heavy atom. The standard InChI is InChI=1S/C16H18N6O/c1-12(2)22(10-13-6-4-3-5-7-13)15(23)14(8-17)9-18-16-19-11-20-21-16/h3-7,9,11-12H,10H2,1-2H3,(H2,18,19,20,21)/b14-9-. The summed E-state index contributed by atoms with van der Waals surface area (Å²) in [6.07, 6.45) is 2.67. The number of nitrogens with zero attached hydrogens (tertiary/aromatic N) is 4. The zero-order valence-electron chi connectivity index (χ0n) is 13.0. The molecule has 7 heteroatoms. The number of nitrogens with one attached hydrogen (secondary N) is 2. The highest BCUT2D eigenvalue weighted by atomic mass is 16.2.